The fourth-order valence-corrected chi connectivity index (χ4v) is 3.77. The first-order chi connectivity index (χ1) is 12.2. The van der Waals surface area contributed by atoms with E-state index in [4.69, 9.17) is 9.15 Å². The minimum atomic E-state index is -0.483. The number of carbonyl (C=O) groups is 1. The van der Waals surface area contributed by atoms with E-state index in [0.29, 0.717) is 23.5 Å². The van der Waals surface area contributed by atoms with Gasteiger partial charge < -0.3 is 9.15 Å². The molecule has 0 N–H and O–H groups in total. The summed E-state index contributed by atoms with van der Waals surface area (Å²) in [7, 11) is 0. The molecule has 124 valence electrons. The van der Waals surface area contributed by atoms with Gasteiger partial charge in [0.05, 0.1) is 5.56 Å². The largest absolute Gasteiger partial charge is 0.477 e. The second kappa shape index (κ2) is 5.31. The Morgan fingerprint density at radius 2 is 1.76 bits per heavy atom. The lowest BCUT2D eigenvalue weighted by molar-refractivity contribution is 0.0970. The van der Waals surface area contributed by atoms with Gasteiger partial charge in [0.2, 0.25) is 0 Å². The first-order valence-corrected chi connectivity index (χ1v) is 8.42. The lowest BCUT2D eigenvalue weighted by Gasteiger charge is -2.26. The van der Waals surface area contributed by atoms with Gasteiger partial charge in [-0.25, -0.2) is 4.39 Å². The van der Waals surface area contributed by atoms with Crippen LogP contribution < -0.4 is 4.74 Å². The number of para-hydroxylation sites is 1. The van der Waals surface area contributed by atoms with Crippen LogP contribution in [-0.4, -0.2) is 5.78 Å². The van der Waals surface area contributed by atoms with E-state index in [-0.39, 0.29) is 11.6 Å². The van der Waals surface area contributed by atoms with Crippen LogP contribution in [0.5, 0.6) is 5.75 Å². The van der Waals surface area contributed by atoms with E-state index in [9.17, 15) is 9.18 Å². The van der Waals surface area contributed by atoms with Crippen LogP contribution in [0.15, 0.2) is 52.9 Å². The Balaban J connectivity index is 1.77. The molecule has 4 heteroatoms. The number of hydrogen-bond donors (Lipinski definition) is 0. The molecule has 5 rings (SSSR count). The second-order valence-corrected chi connectivity index (χ2v) is 6.46. The van der Waals surface area contributed by atoms with E-state index in [1.54, 1.807) is 12.1 Å². The van der Waals surface area contributed by atoms with Gasteiger partial charge in [0.15, 0.2) is 17.6 Å². The van der Waals surface area contributed by atoms with Gasteiger partial charge in [0, 0.05) is 29.5 Å². The molecule has 1 atom stereocenters. The zero-order chi connectivity index (χ0) is 17.0. The van der Waals surface area contributed by atoms with Gasteiger partial charge in [0.1, 0.15) is 17.3 Å². The summed E-state index contributed by atoms with van der Waals surface area (Å²) in [4.78, 5) is 12.6. The van der Waals surface area contributed by atoms with Crippen molar-refractivity contribution >= 4 is 5.78 Å². The van der Waals surface area contributed by atoms with Gasteiger partial charge >= 0.3 is 0 Å². The Bertz CT molecular complexity index is 985. The van der Waals surface area contributed by atoms with E-state index >= 15 is 0 Å². The molecule has 1 aromatic heterocycles. The highest BCUT2D eigenvalue weighted by molar-refractivity contribution is 6.05. The minimum Gasteiger partial charge on any atom is -0.477 e. The van der Waals surface area contributed by atoms with Crippen LogP contribution in [0.4, 0.5) is 4.39 Å². The maximum atomic E-state index is 13.3. The normalized spacial score (nSPS) is 18.1. The van der Waals surface area contributed by atoms with Gasteiger partial charge in [-0.15, -0.1) is 0 Å². The summed E-state index contributed by atoms with van der Waals surface area (Å²) in [6, 6.07) is 13.9. The molecule has 25 heavy (non-hydrogen) atoms. The van der Waals surface area contributed by atoms with E-state index in [0.717, 1.165) is 35.3 Å². The molecule has 0 bridgehead atoms. The lowest BCUT2D eigenvalue weighted by atomic mass is 9.87. The number of Topliss-reactive ketones (excluding diaryl/α,β-unsaturated/α-hetero) is 1. The van der Waals surface area contributed by atoms with Crippen LogP contribution in [0.3, 0.4) is 0 Å². The van der Waals surface area contributed by atoms with Crippen LogP contribution >= 0.6 is 0 Å². The summed E-state index contributed by atoms with van der Waals surface area (Å²) in [5, 5.41) is 0. The molecule has 2 aliphatic rings. The maximum Gasteiger partial charge on any atom is 0.182 e. The topological polar surface area (TPSA) is 39.4 Å². The molecule has 0 fully saturated rings. The number of halogens is 1. The number of hydrogen-bond acceptors (Lipinski definition) is 3. The fourth-order valence-electron chi connectivity index (χ4n) is 3.77. The average molecular weight is 334 g/mol. The maximum absolute atomic E-state index is 13.3. The van der Waals surface area contributed by atoms with Crippen molar-refractivity contribution in [2.24, 2.45) is 0 Å². The first-order valence-electron chi connectivity index (χ1n) is 8.42. The van der Waals surface area contributed by atoms with Crippen LogP contribution in [0.25, 0.3) is 11.1 Å². The van der Waals surface area contributed by atoms with Crippen molar-refractivity contribution in [1.82, 2.24) is 0 Å². The molecule has 1 aliphatic carbocycles. The monoisotopic (exact) mass is 334 g/mol. The highest BCUT2D eigenvalue weighted by atomic mass is 19.1. The number of furan rings is 1. The van der Waals surface area contributed by atoms with Gasteiger partial charge in [-0.05, 0) is 24.6 Å². The van der Waals surface area contributed by atoms with Crippen molar-refractivity contribution < 1.29 is 18.3 Å². The van der Waals surface area contributed by atoms with Crippen LogP contribution in [0.1, 0.15) is 46.4 Å². The van der Waals surface area contributed by atoms with Crippen LogP contribution in [-0.2, 0) is 6.42 Å². The average Bonchev–Trinajstić information content (AvgIpc) is 3.03. The number of rotatable bonds is 1. The number of ketones is 1. The molecule has 0 amide bonds. The smallest absolute Gasteiger partial charge is 0.182 e. The summed E-state index contributed by atoms with van der Waals surface area (Å²) in [6.07, 6.45) is 1.63. The molecule has 1 unspecified atom stereocenters. The Hall–Kier alpha value is -2.88. The third-order valence-corrected chi connectivity index (χ3v) is 4.91. The molecule has 1 aliphatic heterocycles. The molecule has 3 nitrogen and oxygen atoms in total. The van der Waals surface area contributed by atoms with E-state index in [2.05, 4.69) is 0 Å². The van der Waals surface area contributed by atoms with Crippen molar-refractivity contribution in [3.8, 4) is 16.9 Å². The third-order valence-electron chi connectivity index (χ3n) is 4.91. The number of carbonyl (C=O) groups excluding carboxylic acids is 1. The predicted octanol–water partition coefficient (Wildman–Crippen LogP) is 5.09. The standard InChI is InChI=1S/C21H15FO3/c22-13-10-8-12(9-11-13)20-21-18(14-4-1-2-6-16(14)24-20)19-15(23)5-3-7-17(19)25-21/h1-2,4,6,8-11,20H,3,5,7H2. The quantitative estimate of drug-likeness (QED) is 0.622. The Morgan fingerprint density at radius 3 is 2.60 bits per heavy atom. The highest BCUT2D eigenvalue weighted by Crippen LogP contribution is 2.49. The fraction of sp³-hybridized carbons (Fsp3) is 0.190. The van der Waals surface area contributed by atoms with E-state index in [1.165, 1.54) is 12.1 Å². The zero-order valence-corrected chi connectivity index (χ0v) is 13.4. The van der Waals surface area contributed by atoms with Crippen LogP contribution in [0.2, 0.25) is 0 Å². The minimum absolute atomic E-state index is 0.126. The van der Waals surface area contributed by atoms with Crippen molar-refractivity contribution in [2.75, 3.05) is 0 Å². The summed E-state index contributed by atoms with van der Waals surface area (Å²) in [5.74, 6) is 1.93. The lowest BCUT2D eigenvalue weighted by Crippen LogP contribution is -2.15. The molecule has 0 spiro atoms. The Morgan fingerprint density at radius 1 is 0.960 bits per heavy atom. The van der Waals surface area contributed by atoms with Crippen molar-refractivity contribution in [1.29, 1.82) is 0 Å². The second-order valence-electron chi connectivity index (χ2n) is 6.46. The van der Waals surface area contributed by atoms with Gasteiger partial charge in [0.25, 0.3) is 0 Å². The molecule has 0 saturated heterocycles. The predicted molar refractivity (Wildman–Crippen MR) is 90.3 cm³/mol. The first kappa shape index (κ1) is 14.5. The van der Waals surface area contributed by atoms with Gasteiger partial charge in [-0.2, -0.15) is 0 Å². The van der Waals surface area contributed by atoms with Crippen molar-refractivity contribution in [2.45, 2.75) is 25.4 Å². The Labute approximate surface area is 144 Å². The molecule has 0 radical (unpaired) electrons. The molecule has 3 aromatic rings. The summed E-state index contributed by atoms with van der Waals surface area (Å²) in [6.45, 7) is 0. The van der Waals surface area contributed by atoms with Crippen LogP contribution in [0, 0.1) is 5.82 Å². The number of fused-ring (bicyclic) bond motifs is 5. The molecule has 2 heterocycles. The summed E-state index contributed by atoms with van der Waals surface area (Å²) in [5.41, 5.74) is 3.23. The molecular weight excluding hydrogens is 319 g/mol. The molecule has 2 aromatic carbocycles. The molecule has 0 saturated carbocycles. The molecular formula is C21H15FO3. The number of aryl methyl sites for hydroxylation is 1. The van der Waals surface area contributed by atoms with E-state index < -0.39 is 6.10 Å². The van der Waals surface area contributed by atoms with Gasteiger partial charge in [-0.1, -0.05) is 30.3 Å². The van der Waals surface area contributed by atoms with Crippen molar-refractivity contribution in [3.05, 3.63) is 77.0 Å². The summed E-state index contributed by atoms with van der Waals surface area (Å²) >= 11 is 0. The number of ether oxygens (including phenoxy) is 1. The Kier molecular flexibility index (Phi) is 3.07. The zero-order valence-electron chi connectivity index (χ0n) is 13.4. The summed E-state index contributed by atoms with van der Waals surface area (Å²) < 4.78 is 25.6. The SMILES string of the molecule is O=C1CCCc2oc3c(c21)-c1ccccc1OC3c1ccc(F)cc1. The van der Waals surface area contributed by atoms with Gasteiger partial charge in [-0.3, -0.25) is 4.79 Å². The van der Waals surface area contributed by atoms with E-state index in [1.807, 2.05) is 24.3 Å². The van der Waals surface area contributed by atoms with Crippen molar-refractivity contribution in [3.63, 3.8) is 0 Å². The number of benzene rings is 2. The highest BCUT2D eigenvalue weighted by Gasteiger charge is 2.38. The third kappa shape index (κ3) is 2.14.